The monoisotopic (exact) mass is 385 g/mol. The molecule has 0 aromatic heterocycles. The summed E-state index contributed by atoms with van der Waals surface area (Å²) in [5.41, 5.74) is 1.79. The van der Waals surface area contributed by atoms with Crippen LogP contribution in [0.1, 0.15) is 24.5 Å². The Morgan fingerprint density at radius 2 is 1.93 bits per heavy atom. The second-order valence-corrected chi connectivity index (χ2v) is 6.35. The number of ether oxygens (including phenoxy) is 4. The van der Waals surface area contributed by atoms with Gasteiger partial charge in [0.25, 0.3) is 5.91 Å². The molecule has 148 valence electrons. The van der Waals surface area contributed by atoms with E-state index in [1.807, 2.05) is 36.4 Å². The Labute approximate surface area is 163 Å². The van der Waals surface area contributed by atoms with Gasteiger partial charge in [-0.3, -0.25) is 9.59 Å². The van der Waals surface area contributed by atoms with Crippen LogP contribution in [0.3, 0.4) is 0 Å². The van der Waals surface area contributed by atoms with E-state index in [1.165, 1.54) is 0 Å². The van der Waals surface area contributed by atoms with Crippen LogP contribution in [-0.2, 0) is 27.3 Å². The Bertz CT molecular complexity index is 851. The van der Waals surface area contributed by atoms with Crippen LogP contribution in [0.2, 0.25) is 0 Å². The highest BCUT2D eigenvalue weighted by molar-refractivity contribution is 5.83. The first-order valence-corrected chi connectivity index (χ1v) is 9.04. The third-order valence-corrected chi connectivity index (χ3v) is 4.37. The number of benzene rings is 2. The first-order chi connectivity index (χ1) is 13.6. The molecule has 0 aliphatic carbocycles. The van der Waals surface area contributed by atoms with Crippen molar-refractivity contribution in [2.75, 3.05) is 13.9 Å². The predicted molar refractivity (Wildman–Crippen MR) is 101 cm³/mol. The minimum absolute atomic E-state index is 0.167. The molecule has 0 saturated heterocycles. The standard InChI is InChI=1S/C21H23NO6/c1-14(28-20(23)10-8-16-5-3-4-6-17(16)25-2)21(24)22-12-15-7-9-18-19(11-15)27-13-26-18/h3-7,9,11,14H,8,10,12-13H2,1-2H3,(H,22,24)/t14-/m1/s1. The van der Waals surface area contributed by atoms with Gasteiger partial charge >= 0.3 is 5.97 Å². The number of rotatable bonds is 8. The average molecular weight is 385 g/mol. The third-order valence-electron chi connectivity index (χ3n) is 4.37. The number of para-hydroxylation sites is 1. The smallest absolute Gasteiger partial charge is 0.306 e. The summed E-state index contributed by atoms with van der Waals surface area (Å²) in [6, 6.07) is 12.9. The fourth-order valence-electron chi connectivity index (χ4n) is 2.84. The van der Waals surface area contributed by atoms with E-state index >= 15 is 0 Å². The summed E-state index contributed by atoms with van der Waals surface area (Å²) >= 11 is 0. The molecule has 1 atom stereocenters. The van der Waals surface area contributed by atoms with Crippen LogP contribution < -0.4 is 19.5 Å². The minimum Gasteiger partial charge on any atom is -0.496 e. The molecular weight excluding hydrogens is 362 g/mol. The average Bonchev–Trinajstić information content (AvgIpc) is 3.18. The second-order valence-electron chi connectivity index (χ2n) is 6.35. The Kier molecular flexibility index (Phi) is 6.37. The number of nitrogens with one attached hydrogen (secondary N) is 1. The van der Waals surface area contributed by atoms with E-state index < -0.39 is 12.1 Å². The normalized spacial score (nSPS) is 12.9. The summed E-state index contributed by atoms with van der Waals surface area (Å²) in [5.74, 6) is 1.28. The van der Waals surface area contributed by atoms with E-state index in [0.29, 0.717) is 24.5 Å². The molecule has 0 fully saturated rings. The van der Waals surface area contributed by atoms with E-state index in [-0.39, 0.29) is 19.1 Å². The molecule has 2 aromatic rings. The number of methoxy groups -OCH3 is 1. The maximum atomic E-state index is 12.2. The van der Waals surface area contributed by atoms with Crippen molar-refractivity contribution in [2.24, 2.45) is 0 Å². The van der Waals surface area contributed by atoms with Gasteiger partial charge < -0.3 is 24.3 Å². The van der Waals surface area contributed by atoms with Crippen molar-refractivity contribution < 1.29 is 28.5 Å². The first-order valence-electron chi connectivity index (χ1n) is 9.04. The number of hydrogen-bond acceptors (Lipinski definition) is 6. The van der Waals surface area contributed by atoms with Crippen LogP contribution in [0.5, 0.6) is 17.2 Å². The van der Waals surface area contributed by atoms with Crippen LogP contribution >= 0.6 is 0 Å². The lowest BCUT2D eigenvalue weighted by atomic mass is 10.1. The molecule has 2 aromatic carbocycles. The lowest BCUT2D eigenvalue weighted by Gasteiger charge is -2.14. The maximum Gasteiger partial charge on any atom is 0.306 e. The molecule has 0 bridgehead atoms. The summed E-state index contributed by atoms with van der Waals surface area (Å²) < 4.78 is 21.1. The van der Waals surface area contributed by atoms with Gasteiger partial charge in [0.15, 0.2) is 17.6 Å². The van der Waals surface area contributed by atoms with Crippen LogP contribution in [0.15, 0.2) is 42.5 Å². The highest BCUT2D eigenvalue weighted by Gasteiger charge is 2.19. The number of carbonyl (C=O) groups is 2. The molecule has 28 heavy (non-hydrogen) atoms. The molecule has 1 N–H and O–H groups in total. The highest BCUT2D eigenvalue weighted by Crippen LogP contribution is 2.32. The molecule has 1 heterocycles. The molecule has 7 nitrogen and oxygen atoms in total. The first kappa shape index (κ1) is 19.5. The number of fused-ring (bicyclic) bond motifs is 1. The fraction of sp³-hybridized carbons (Fsp3) is 0.333. The van der Waals surface area contributed by atoms with Crippen LogP contribution in [0.4, 0.5) is 0 Å². The van der Waals surface area contributed by atoms with Crippen molar-refractivity contribution in [2.45, 2.75) is 32.4 Å². The van der Waals surface area contributed by atoms with E-state index in [9.17, 15) is 9.59 Å². The summed E-state index contributed by atoms with van der Waals surface area (Å²) in [4.78, 5) is 24.3. The van der Waals surface area contributed by atoms with Crippen molar-refractivity contribution in [3.8, 4) is 17.2 Å². The van der Waals surface area contributed by atoms with Crippen LogP contribution in [0, 0.1) is 0 Å². The van der Waals surface area contributed by atoms with Gasteiger partial charge in [0.1, 0.15) is 5.75 Å². The van der Waals surface area contributed by atoms with Crippen molar-refractivity contribution in [1.29, 1.82) is 0 Å². The fourth-order valence-corrected chi connectivity index (χ4v) is 2.84. The van der Waals surface area contributed by atoms with Gasteiger partial charge in [0, 0.05) is 13.0 Å². The van der Waals surface area contributed by atoms with Crippen molar-refractivity contribution in [3.63, 3.8) is 0 Å². The van der Waals surface area contributed by atoms with Gasteiger partial charge in [0.05, 0.1) is 7.11 Å². The molecule has 1 aliphatic heterocycles. The summed E-state index contributed by atoms with van der Waals surface area (Å²) in [6.45, 7) is 2.06. The number of hydrogen-bond donors (Lipinski definition) is 1. The molecule has 0 saturated carbocycles. The van der Waals surface area contributed by atoms with E-state index in [2.05, 4.69) is 5.32 Å². The molecule has 1 aliphatic rings. The van der Waals surface area contributed by atoms with Gasteiger partial charge in [-0.2, -0.15) is 0 Å². The summed E-state index contributed by atoms with van der Waals surface area (Å²) in [5, 5.41) is 2.75. The Morgan fingerprint density at radius 1 is 1.14 bits per heavy atom. The number of esters is 1. The maximum absolute atomic E-state index is 12.2. The number of aryl methyl sites for hydroxylation is 1. The van der Waals surface area contributed by atoms with E-state index in [1.54, 1.807) is 20.1 Å². The van der Waals surface area contributed by atoms with Crippen molar-refractivity contribution in [1.82, 2.24) is 5.32 Å². The Balaban J connectivity index is 1.44. The zero-order valence-electron chi connectivity index (χ0n) is 15.9. The van der Waals surface area contributed by atoms with E-state index in [0.717, 1.165) is 16.9 Å². The second kappa shape index (κ2) is 9.12. The molecule has 1 amide bonds. The highest BCUT2D eigenvalue weighted by atomic mass is 16.7. The predicted octanol–water partition coefficient (Wildman–Crippen LogP) is 2.60. The minimum atomic E-state index is -0.876. The number of amides is 1. The number of carbonyl (C=O) groups excluding carboxylic acids is 2. The molecule has 7 heteroatoms. The lowest BCUT2D eigenvalue weighted by Crippen LogP contribution is -2.35. The van der Waals surface area contributed by atoms with Crippen LogP contribution in [-0.4, -0.2) is 31.9 Å². The van der Waals surface area contributed by atoms with Crippen molar-refractivity contribution in [3.05, 3.63) is 53.6 Å². The molecule has 0 unspecified atom stereocenters. The lowest BCUT2D eigenvalue weighted by molar-refractivity contribution is -0.154. The van der Waals surface area contributed by atoms with Crippen LogP contribution in [0.25, 0.3) is 0 Å². The third kappa shape index (κ3) is 4.94. The van der Waals surface area contributed by atoms with Gasteiger partial charge in [-0.15, -0.1) is 0 Å². The molecular formula is C21H23NO6. The van der Waals surface area contributed by atoms with Crippen molar-refractivity contribution >= 4 is 11.9 Å². The summed E-state index contributed by atoms with van der Waals surface area (Å²) in [6.07, 6.45) is -0.228. The zero-order chi connectivity index (χ0) is 19.9. The quantitative estimate of drug-likeness (QED) is 0.704. The Morgan fingerprint density at radius 3 is 2.75 bits per heavy atom. The molecule has 3 rings (SSSR count). The van der Waals surface area contributed by atoms with Gasteiger partial charge in [0.2, 0.25) is 6.79 Å². The van der Waals surface area contributed by atoms with E-state index in [4.69, 9.17) is 18.9 Å². The van der Waals surface area contributed by atoms with Gasteiger partial charge in [-0.25, -0.2) is 0 Å². The van der Waals surface area contributed by atoms with Gasteiger partial charge in [-0.05, 0) is 42.7 Å². The molecule has 0 spiro atoms. The summed E-state index contributed by atoms with van der Waals surface area (Å²) in [7, 11) is 1.59. The SMILES string of the molecule is COc1ccccc1CCC(=O)O[C@H](C)C(=O)NCc1ccc2c(c1)OCO2. The van der Waals surface area contributed by atoms with Gasteiger partial charge in [-0.1, -0.05) is 24.3 Å². The Hall–Kier alpha value is -3.22. The largest absolute Gasteiger partial charge is 0.496 e. The molecule has 0 radical (unpaired) electrons. The zero-order valence-corrected chi connectivity index (χ0v) is 15.9. The topological polar surface area (TPSA) is 83.1 Å².